The van der Waals surface area contributed by atoms with Crippen LogP contribution in [0.25, 0.3) is 11.0 Å². The van der Waals surface area contributed by atoms with Crippen LogP contribution in [0.2, 0.25) is 0 Å². The SMILES string of the molecule is N#Cc1ccc2c(c1)[nH]c(=O)n2C1CCN(C(=O)OC2C3CC4CC2CC(C(N)=O)(C4)C3)C1. The Morgan fingerprint density at radius 3 is 2.67 bits per heavy atom. The number of benzene rings is 1. The zero-order valence-electron chi connectivity index (χ0n) is 18.3. The van der Waals surface area contributed by atoms with Gasteiger partial charge in [-0.25, -0.2) is 9.59 Å². The number of H-pyrrole nitrogens is 1. The van der Waals surface area contributed by atoms with Crippen molar-refractivity contribution in [2.24, 2.45) is 28.9 Å². The Bertz CT molecular complexity index is 1240. The molecule has 0 spiro atoms. The van der Waals surface area contributed by atoms with Crippen LogP contribution in [0.3, 0.4) is 0 Å². The van der Waals surface area contributed by atoms with Crippen molar-refractivity contribution in [3.8, 4) is 6.07 Å². The predicted molar refractivity (Wildman–Crippen MR) is 118 cm³/mol. The number of likely N-dealkylation sites (tertiary alicyclic amines) is 1. The molecule has 3 N–H and O–H groups in total. The number of carbonyl (C=O) groups excluding carboxylic acids is 2. The number of imidazole rings is 1. The van der Waals surface area contributed by atoms with Gasteiger partial charge in [0, 0.05) is 13.1 Å². The molecule has 2 aromatic rings. The van der Waals surface area contributed by atoms with E-state index in [1.807, 2.05) is 0 Å². The van der Waals surface area contributed by atoms with E-state index >= 15 is 0 Å². The van der Waals surface area contributed by atoms with E-state index in [2.05, 4.69) is 11.1 Å². The molecule has 33 heavy (non-hydrogen) atoms. The summed E-state index contributed by atoms with van der Waals surface area (Å²) in [6.07, 6.45) is 4.52. The van der Waals surface area contributed by atoms with E-state index in [0.29, 0.717) is 36.5 Å². The second kappa shape index (κ2) is 7.11. The first-order valence-corrected chi connectivity index (χ1v) is 11.8. The van der Waals surface area contributed by atoms with Crippen LogP contribution in [-0.2, 0) is 9.53 Å². The van der Waals surface area contributed by atoms with Gasteiger partial charge in [-0.05, 0) is 74.5 Å². The molecular weight excluding hydrogens is 422 g/mol. The summed E-state index contributed by atoms with van der Waals surface area (Å²) < 4.78 is 7.74. The minimum absolute atomic E-state index is 0.150. The van der Waals surface area contributed by atoms with E-state index in [9.17, 15) is 14.4 Å². The van der Waals surface area contributed by atoms with Crippen LogP contribution in [-0.4, -0.2) is 45.6 Å². The Balaban J connectivity index is 1.16. The maximum absolute atomic E-state index is 13.1. The molecule has 5 fully saturated rings. The third kappa shape index (κ3) is 3.07. The first-order chi connectivity index (χ1) is 15.9. The zero-order valence-corrected chi connectivity index (χ0v) is 18.3. The Morgan fingerprint density at radius 2 is 1.97 bits per heavy atom. The molecule has 1 aliphatic heterocycles. The lowest BCUT2D eigenvalue weighted by Gasteiger charge is -2.58. The van der Waals surface area contributed by atoms with Crippen LogP contribution in [0.5, 0.6) is 0 Å². The number of nitrogens with zero attached hydrogens (tertiary/aromatic N) is 3. The van der Waals surface area contributed by atoms with E-state index in [1.165, 1.54) is 0 Å². The molecule has 1 saturated heterocycles. The molecule has 2 amide bonds. The van der Waals surface area contributed by atoms with Crippen molar-refractivity contribution in [2.45, 2.75) is 50.7 Å². The highest BCUT2D eigenvalue weighted by atomic mass is 16.6. The third-order valence-electron chi connectivity index (χ3n) is 8.58. The second-order valence-electron chi connectivity index (χ2n) is 10.5. The van der Waals surface area contributed by atoms with Crippen LogP contribution >= 0.6 is 0 Å². The van der Waals surface area contributed by atoms with Crippen molar-refractivity contribution in [3.05, 3.63) is 34.2 Å². The van der Waals surface area contributed by atoms with Gasteiger partial charge < -0.3 is 20.4 Å². The van der Waals surface area contributed by atoms with Gasteiger partial charge in [0.15, 0.2) is 0 Å². The van der Waals surface area contributed by atoms with Crippen molar-refractivity contribution in [1.82, 2.24) is 14.5 Å². The summed E-state index contributed by atoms with van der Waals surface area (Å²) in [5, 5.41) is 9.10. The fourth-order valence-electron chi connectivity index (χ4n) is 7.34. The highest BCUT2D eigenvalue weighted by Gasteiger charge is 2.59. The Morgan fingerprint density at radius 1 is 1.21 bits per heavy atom. The number of hydrogen-bond donors (Lipinski definition) is 2. The van der Waals surface area contributed by atoms with Gasteiger partial charge in [0.25, 0.3) is 0 Å². The summed E-state index contributed by atoms with van der Waals surface area (Å²) >= 11 is 0. The molecule has 5 aliphatic rings. The normalized spacial score (nSPS) is 34.5. The topological polar surface area (TPSA) is 134 Å². The molecule has 3 atom stereocenters. The van der Waals surface area contributed by atoms with Gasteiger partial charge in [-0.2, -0.15) is 5.26 Å². The Hall–Kier alpha value is -3.28. The Labute approximate surface area is 190 Å². The average Bonchev–Trinajstić information content (AvgIpc) is 3.38. The minimum Gasteiger partial charge on any atom is -0.446 e. The predicted octanol–water partition coefficient (Wildman–Crippen LogP) is 2.26. The van der Waals surface area contributed by atoms with E-state index in [1.54, 1.807) is 27.7 Å². The van der Waals surface area contributed by atoms with Crippen LogP contribution in [0, 0.1) is 34.5 Å². The second-order valence-corrected chi connectivity index (χ2v) is 10.5. The number of aromatic amines is 1. The van der Waals surface area contributed by atoms with Crippen molar-refractivity contribution in [2.75, 3.05) is 13.1 Å². The van der Waals surface area contributed by atoms with E-state index < -0.39 is 5.41 Å². The van der Waals surface area contributed by atoms with Gasteiger partial charge >= 0.3 is 11.8 Å². The number of nitriles is 1. The summed E-state index contributed by atoms with van der Waals surface area (Å²) in [6, 6.07) is 7.07. The molecule has 3 unspecified atom stereocenters. The van der Waals surface area contributed by atoms with Crippen molar-refractivity contribution in [3.63, 3.8) is 0 Å². The van der Waals surface area contributed by atoms with Gasteiger partial charge in [0.2, 0.25) is 5.91 Å². The molecular formula is C24H27N5O4. The van der Waals surface area contributed by atoms with Crippen LogP contribution in [0.15, 0.2) is 23.0 Å². The molecule has 1 aromatic heterocycles. The molecule has 7 rings (SSSR count). The summed E-state index contributed by atoms with van der Waals surface area (Å²) in [5.74, 6) is 0.727. The van der Waals surface area contributed by atoms with Gasteiger partial charge in [-0.1, -0.05) is 0 Å². The highest BCUT2D eigenvalue weighted by Crippen LogP contribution is 2.60. The molecule has 4 aliphatic carbocycles. The van der Waals surface area contributed by atoms with Crippen molar-refractivity contribution >= 4 is 23.0 Å². The number of nitrogens with one attached hydrogen (secondary N) is 1. The molecule has 4 bridgehead atoms. The van der Waals surface area contributed by atoms with E-state index in [4.69, 9.17) is 15.7 Å². The van der Waals surface area contributed by atoms with E-state index in [-0.39, 0.29) is 41.7 Å². The third-order valence-corrected chi connectivity index (χ3v) is 8.58. The summed E-state index contributed by atoms with van der Waals surface area (Å²) in [4.78, 5) is 42.4. The lowest BCUT2D eigenvalue weighted by molar-refractivity contribution is -0.161. The van der Waals surface area contributed by atoms with Crippen LogP contribution < -0.4 is 11.4 Å². The summed E-state index contributed by atoms with van der Waals surface area (Å²) in [7, 11) is 0. The maximum atomic E-state index is 13.1. The number of amides is 2. The first-order valence-electron chi connectivity index (χ1n) is 11.8. The van der Waals surface area contributed by atoms with Gasteiger partial charge in [0.05, 0.1) is 34.1 Å². The maximum Gasteiger partial charge on any atom is 0.410 e. The van der Waals surface area contributed by atoms with Crippen LogP contribution in [0.4, 0.5) is 4.79 Å². The lowest BCUT2D eigenvalue weighted by atomic mass is 9.48. The minimum atomic E-state index is -0.403. The standard InChI is InChI=1S/C24H27N5O4/c25-11-13-1-2-19-18(7-13)27-22(31)29(19)17-3-4-28(12-17)23(32)33-20-15-5-14-6-16(20)10-24(8-14,9-15)21(26)30/h1-2,7,14-17,20H,3-6,8-10,12H2,(H2,26,30)(H,27,31). The number of ether oxygens (including phenoxy) is 1. The molecule has 2 heterocycles. The number of aromatic nitrogens is 2. The Kier molecular flexibility index (Phi) is 4.38. The molecule has 4 saturated carbocycles. The van der Waals surface area contributed by atoms with Crippen molar-refractivity contribution < 1.29 is 14.3 Å². The smallest absolute Gasteiger partial charge is 0.410 e. The quantitative estimate of drug-likeness (QED) is 0.741. The highest BCUT2D eigenvalue weighted by molar-refractivity contribution is 5.81. The summed E-state index contributed by atoms with van der Waals surface area (Å²) in [5.41, 5.74) is 6.97. The fraction of sp³-hybridized carbons (Fsp3) is 0.583. The van der Waals surface area contributed by atoms with Crippen LogP contribution in [0.1, 0.15) is 50.1 Å². The number of carbonyl (C=O) groups is 2. The zero-order chi connectivity index (χ0) is 22.9. The molecule has 9 heteroatoms. The van der Waals surface area contributed by atoms with Gasteiger partial charge in [0.1, 0.15) is 6.10 Å². The largest absolute Gasteiger partial charge is 0.446 e. The monoisotopic (exact) mass is 449 g/mol. The van der Waals surface area contributed by atoms with Crippen molar-refractivity contribution in [1.29, 1.82) is 5.26 Å². The number of nitrogens with two attached hydrogens (primary N) is 1. The van der Waals surface area contributed by atoms with E-state index in [0.717, 1.165) is 37.6 Å². The number of fused-ring (bicyclic) bond motifs is 1. The molecule has 1 aromatic carbocycles. The van der Waals surface area contributed by atoms with Gasteiger partial charge in [-0.3, -0.25) is 9.36 Å². The molecule has 0 radical (unpaired) electrons. The summed E-state index contributed by atoms with van der Waals surface area (Å²) in [6.45, 7) is 0.927. The molecule has 172 valence electrons. The number of rotatable bonds is 3. The molecule has 9 nitrogen and oxygen atoms in total. The number of primary amides is 1. The van der Waals surface area contributed by atoms with Gasteiger partial charge in [-0.15, -0.1) is 0 Å². The average molecular weight is 450 g/mol. The lowest BCUT2D eigenvalue weighted by Crippen LogP contribution is -2.59. The fourth-order valence-corrected chi connectivity index (χ4v) is 7.34. The number of hydrogen-bond acceptors (Lipinski definition) is 5. The first kappa shape index (κ1) is 20.3.